The standard InChI is InChI=1S/C19H22ClN3O4S/c1-21(2)28(26,27)14-7-8-16(20)15(13-14)19(25)23-11-9-22(10-12-23)17-5-3-4-6-18(17)24/h3-8,13,24H,9-12H2,1-2H3. The molecular formula is C19H22ClN3O4S. The van der Waals surface area contributed by atoms with Gasteiger partial charge in [-0.25, -0.2) is 12.7 Å². The molecule has 150 valence electrons. The number of hydrogen-bond donors (Lipinski definition) is 1. The highest BCUT2D eigenvalue weighted by Crippen LogP contribution is 2.28. The number of rotatable bonds is 4. The summed E-state index contributed by atoms with van der Waals surface area (Å²) in [5.74, 6) is -0.107. The monoisotopic (exact) mass is 423 g/mol. The predicted molar refractivity (Wildman–Crippen MR) is 109 cm³/mol. The van der Waals surface area contributed by atoms with Crippen molar-refractivity contribution in [2.75, 3.05) is 45.2 Å². The number of piperazine rings is 1. The SMILES string of the molecule is CN(C)S(=O)(=O)c1ccc(Cl)c(C(=O)N2CCN(c3ccccc3O)CC2)c1. The van der Waals surface area contributed by atoms with E-state index in [1.807, 2.05) is 17.0 Å². The minimum Gasteiger partial charge on any atom is -0.506 e. The lowest BCUT2D eigenvalue weighted by molar-refractivity contribution is 0.0746. The minimum atomic E-state index is -3.66. The molecule has 9 heteroatoms. The van der Waals surface area contributed by atoms with E-state index in [1.165, 1.54) is 32.3 Å². The molecule has 1 aliphatic rings. The van der Waals surface area contributed by atoms with Gasteiger partial charge >= 0.3 is 0 Å². The van der Waals surface area contributed by atoms with Crippen LogP contribution in [0.3, 0.4) is 0 Å². The Morgan fingerprint density at radius 1 is 1.07 bits per heavy atom. The largest absolute Gasteiger partial charge is 0.506 e. The first kappa shape index (κ1) is 20.4. The van der Waals surface area contributed by atoms with E-state index >= 15 is 0 Å². The van der Waals surface area contributed by atoms with Gasteiger partial charge in [-0.05, 0) is 30.3 Å². The second-order valence-corrected chi connectivity index (χ2v) is 9.26. The van der Waals surface area contributed by atoms with Crippen molar-refractivity contribution in [2.24, 2.45) is 0 Å². The second-order valence-electron chi connectivity index (χ2n) is 6.70. The topological polar surface area (TPSA) is 81.2 Å². The number of phenols is 1. The summed E-state index contributed by atoms with van der Waals surface area (Å²) < 4.78 is 25.8. The van der Waals surface area contributed by atoms with Crippen molar-refractivity contribution >= 4 is 33.2 Å². The molecule has 1 amide bonds. The normalized spacial score (nSPS) is 15.1. The van der Waals surface area contributed by atoms with Crippen molar-refractivity contribution in [1.82, 2.24) is 9.21 Å². The van der Waals surface area contributed by atoms with Gasteiger partial charge < -0.3 is 14.9 Å². The Hall–Kier alpha value is -2.29. The molecule has 1 fully saturated rings. The molecule has 0 bridgehead atoms. The van der Waals surface area contributed by atoms with Crippen LogP contribution in [0.5, 0.6) is 5.75 Å². The molecule has 2 aromatic carbocycles. The molecule has 1 N–H and O–H groups in total. The molecule has 0 aromatic heterocycles. The average Bonchev–Trinajstić information content (AvgIpc) is 2.68. The molecule has 0 unspecified atom stereocenters. The van der Waals surface area contributed by atoms with Crippen LogP contribution >= 0.6 is 11.6 Å². The van der Waals surface area contributed by atoms with Gasteiger partial charge in [-0.2, -0.15) is 0 Å². The number of phenolic OH excluding ortho intramolecular Hbond substituents is 1. The predicted octanol–water partition coefficient (Wildman–Crippen LogP) is 2.26. The number of benzene rings is 2. The summed E-state index contributed by atoms with van der Waals surface area (Å²) in [6.45, 7) is 1.98. The minimum absolute atomic E-state index is 0.0260. The van der Waals surface area contributed by atoms with Gasteiger partial charge in [-0.15, -0.1) is 0 Å². The van der Waals surface area contributed by atoms with E-state index < -0.39 is 10.0 Å². The number of sulfonamides is 1. The molecule has 0 radical (unpaired) electrons. The molecule has 0 aliphatic carbocycles. The van der Waals surface area contributed by atoms with E-state index in [1.54, 1.807) is 17.0 Å². The molecule has 0 saturated carbocycles. The third-order valence-electron chi connectivity index (χ3n) is 4.74. The number of carbonyl (C=O) groups is 1. The molecule has 7 nitrogen and oxygen atoms in total. The Bertz CT molecular complexity index is 986. The van der Waals surface area contributed by atoms with Crippen LogP contribution in [0.15, 0.2) is 47.4 Å². The van der Waals surface area contributed by atoms with Crippen molar-refractivity contribution in [2.45, 2.75) is 4.90 Å². The van der Waals surface area contributed by atoms with Crippen LogP contribution in [-0.4, -0.2) is 68.9 Å². The second kappa shape index (κ2) is 7.98. The maximum Gasteiger partial charge on any atom is 0.255 e. The zero-order chi connectivity index (χ0) is 20.5. The van der Waals surface area contributed by atoms with Crippen molar-refractivity contribution < 1.29 is 18.3 Å². The van der Waals surface area contributed by atoms with Crippen molar-refractivity contribution in [3.8, 4) is 5.75 Å². The van der Waals surface area contributed by atoms with E-state index in [-0.39, 0.29) is 27.1 Å². The fraction of sp³-hybridized carbons (Fsp3) is 0.316. The number of anilines is 1. The molecule has 2 aromatic rings. The van der Waals surface area contributed by atoms with E-state index in [0.717, 1.165) is 9.99 Å². The fourth-order valence-corrected chi connectivity index (χ4v) is 4.22. The Balaban J connectivity index is 1.78. The van der Waals surface area contributed by atoms with Crippen LogP contribution < -0.4 is 4.90 Å². The van der Waals surface area contributed by atoms with Gasteiger partial charge in [0.2, 0.25) is 10.0 Å². The zero-order valence-corrected chi connectivity index (χ0v) is 17.2. The zero-order valence-electron chi connectivity index (χ0n) is 15.7. The third kappa shape index (κ3) is 3.94. The van der Waals surface area contributed by atoms with Gasteiger partial charge in [-0.1, -0.05) is 23.7 Å². The van der Waals surface area contributed by atoms with Crippen LogP contribution in [0.2, 0.25) is 5.02 Å². The molecular weight excluding hydrogens is 402 g/mol. The first-order valence-electron chi connectivity index (χ1n) is 8.76. The Morgan fingerprint density at radius 3 is 2.32 bits per heavy atom. The Labute approximate surface area is 169 Å². The van der Waals surface area contributed by atoms with Gasteiger partial charge in [0.1, 0.15) is 5.75 Å². The van der Waals surface area contributed by atoms with Crippen LogP contribution in [0.25, 0.3) is 0 Å². The maximum absolute atomic E-state index is 12.9. The van der Waals surface area contributed by atoms with Crippen molar-refractivity contribution in [1.29, 1.82) is 0 Å². The summed E-state index contributed by atoms with van der Waals surface area (Å²) in [6, 6.07) is 11.2. The molecule has 1 saturated heterocycles. The highest BCUT2D eigenvalue weighted by molar-refractivity contribution is 7.89. The number of aromatic hydroxyl groups is 1. The fourth-order valence-electron chi connectivity index (χ4n) is 3.09. The van der Waals surface area contributed by atoms with Crippen LogP contribution in [-0.2, 0) is 10.0 Å². The molecule has 1 heterocycles. The molecule has 0 atom stereocenters. The quantitative estimate of drug-likeness (QED) is 0.815. The third-order valence-corrected chi connectivity index (χ3v) is 6.88. The van der Waals surface area contributed by atoms with Crippen LogP contribution in [0, 0.1) is 0 Å². The van der Waals surface area contributed by atoms with Gasteiger partial charge in [0.15, 0.2) is 0 Å². The van der Waals surface area contributed by atoms with Crippen LogP contribution in [0.1, 0.15) is 10.4 Å². The van der Waals surface area contributed by atoms with E-state index in [4.69, 9.17) is 11.6 Å². The molecule has 3 rings (SSSR count). The first-order chi connectivity index (χ1) is 13.2. The number of amides is 1. The summed E-state index contributed by atoms with van der Waals surface area (Å²) in [6.07, 6.45) is 0. The van der Waals surface area contributed by atoms with Gasteiger partial charge in [0.05, 0.1) is 21.2 Å². The van der Waals surface area contributed by atoms with Gasteiger partial charge in [0, 0.05) is 40.3 Å². The van der Waals surface area contributed by atoms with E-state index in [0.29, 0.717) is 26.2 Å². The number of halogens is 1. The lowest BCUT2D eigenvalue weighted by Gasteiger charge is -2.36. The summed E-state index contributed by atoms with van der Waals surface area (Å²) in [4.78, 5) is 16.6. The highest BCUT2D eigenvalue weighted by Gasteiger charge is 2.26. The summed E-state index contributed by atoms with van der Waals surface area (Å²) >= 11 is 6.19. The number of para-hydroxylation sites is 2. The number of hydrogen-bond acceptors (Lipinski definition) is 5. The molecule has 1 aliphatic heterocycles. The van der Waals surface area contributed by atoms with E-state index in [2.05, 4.69) is 0 Å². The maximum atomic E-state index is 12.9. The smallest absolute Gasteiger partial charge is 0.255 e. The summed E-state index contributed by atoms with van der Waals surface area (Å²) in [5.41, 5.74) is 0.896. The highest BCUT2D eigenvalue weighted by atomic mass is 35.5. The Kier molecular flexibility index (Phi) is 5.83. The number of carbonyl (C=O) groups excluding carboxylic acids is 1. The van der Waals surface area contributed by atoms with Crippen LogP contribution in [0.4, 0.5) is 5.69 Å². The molecule has 28 heavy (non-hydrogen) atoms. The first-order valence-corrected chi connectivity index (χ1v) is 10.6. The summed E-state index contributed by atoms with van der Waals surface area (Å²) in [7, 11) is -0.794. The summed E-state index contributed by atoms with van der Waals surface area (Å²) in [5, 5.41) is 10.2. The van der Waals surface area contributed by atoms with Gasteiger partial charge in [-0.3, -0.25) is 4.79 Å². The van der Waals surface area contributed by atoms with Gasteiger partial charge in [0.25, 0.3) is 5.91 Å². The van der Waals surface area contributed by atoms with E-state index in [9.17, 15) is 18.3 Å². The average molecular weight is 424 g/mol. The lowest BCUT2D eigenvalue weighted by atomic mass is 10.1. The van der Waals surface area contributed by atoms with Crippen molar-refractivity contribution in [3.63, 3.8) is 0 Å². The Morgan fingerprint density at radius 2 is 1.71 bits per heavy atom. The van der Waals surface area contributed by atoms with Crippen molar-refractivity contribution in [3.05, 3.63) is 53.1 Å². The molecule has 0 spiro atoms. The lowest BCUT2D eigenvalue weighted by Crippen LogP contribution is -2.48. The number of nitrogens with zero attached hydrogens (tertiary/aromatic N) is 3.